The van der Waals surface area contributed by atoms with Gasteiger partial charge in [-0.2, -0.15) is 9.58 Å². The standard InChI is InChI=1S/C19H13N5/c20-23-18(14-5-2-1-3-6-14)16-7-4-8-17(13-16)19(24-21)15-9-11-22-12-10-15/h1-13H. The molecule has 0 saturated heterocycles. The van der Waals surface area contributed by atoms with E-state index in [1.807, 2.05) is 54.6 Å². The van der Waals surface area contributed by atoms with Crippen LogP contribution in [0.3, 0.4) is 0 Å². The minimum Gasteiger partial charge on any atom is -0.361 e. The fraction of sp³-hybridized carbons (Fsp3) is 0. The van der Waals surface area contributed by atoms with Gasteiger partial charge in [0.25, 0.3) is 0 Å². The molecule has 5 nitrogen and oxygen atoms in total. The molecule has 0 atom stereocenters. The zero-order valence-corrected chi connectivity index (χ0v) is 12.7. The van der Waals surface area contributed by atoms with E-state index in [-0.39, 0.29) is 0 Å². The third-order valence-corrected chi connectivity index (χ3v) is 3.61. The van der Waals surface area contributed by atoms with Crippen LogP contribution in [0.5, 0.6) is 0 Å². The Kier molecular flexibility index (Phi) is 4.50. The van der Waals surface area contributed by atoms with Gasteiger partial charge in [0, 0.05) is 12.4 Å². The topological polar surface area (TPSA) is 85.7 Å². The van der Waals surface area contributed by atoms with Gasteiger partial charge in [0.2, 0.25) is 0 Å². The first kappa shape index (κ1) is 15.3. The first-order valence-electron chi connectivity index (χ1n) is 7.34. The summed E-state index contributed by atoms with van der Waals surface area (Å²) in [7, 11) is 0. The van der Waals surface area contributed by atoms with Crippen LogP contribution in [0.1, 0.15) is 22.3 Å². The SMILES string of the molecule is [N-]=[N+]=C(c1ccccc1)c1cccc(C(=[N+]=[N-])c2ccncc2)c1. The van der Waals surface area contributed by atoms with Crippen molar-refractivity contribution < 1.29 is 9.58 Å². The van der Waals surface area contributed by atoms with Crippen LogP contribution >= 0.6 is 0 Å². The number of nitrogens with zero attached hydrogens (tertiary/aromatic N) is 5. The van der Waals surface area contributed by atoms with Gasteiger partial charge in [-0.15, -0.1) is 0 Å². The lowest BCUT2D eigenvalue weighted by Gasteiger charge is -2.01. The zero-order valence-electron chi connectivity index (χ0n) is 12.7. The third kappa shape index (κ3) is 3.08. The molecule has 0 aliphatic rings. The van der Waals surface area contributed by atoms with Gasteiger partial charge in [-0.25, -0.2) is 0 Å². The normalized spacial score (nSPS) is 9.67. The summed E-state index contributed by atoms with van der Waals surface area (Å²) in [5, 5.41) is 0. The third-order valence-electron chi connectivity index (χ3n) is 3.61. The van der Waals surface area contributed by atoms with Crippen molar-refractivity contribution in [1.82, 2.24) is 4.98 Å². The molecule has 0 N–H and O–H groups in total. The summed E-state index contributed by atoms with van der Waals surface area (Å²) in [6, 6.07) is 20.2. The molecular weight excluding hydrogens is 298 g/mol. The summed E-state index contributed by atoms with van der Waals surface area (Å²) in [6.07, 6.45) is 3.27. The minimum atomic E-state index is 0.421. The van der Waals surface area contributed by atoms with E-state index in [0.29, 0.717) is 17.0 Å². The van der Waals surface area contributed by atoms with Crippen LogP contribution in [0.2, 0.25) is 0 Å². The van der Waals surface area contributed by atoms with Gasteiger partial charge in [0.05, 0.1) is 22.3 Å². The van der Waals surface area contributed by atoms with Crippen molar-refractivity contribution in [2.75, 3.05) is 0 Å². The van der Waals surface area contributed by atoms with Crippen LogP contribution in [0.25, 0.3) is 11.1 Å². The van der Waals surface area contributed by atoms with E-state index >= 15 is 0 Å². The Morgan fingerprint density at radius 2 is 1.12 bits per heavy atom. The highest BCUT2D eigenvalue weighted by Crippen LogP contribution is 2.14. The molecule has 1 aromatic heterocycles. The average molecular weight is 311 g/mol. The van der Waals surface area contributed by atoms with Crippen molar-refractivity contribution in [2.45, 2.75) is 0 Å². The number of rotatable bonds is 4. The van der Waals surface area contributed by atoms with Crippen molar-refractivity contribution in [1.29, 1.82) is 0 Å². The van der Waals surface area contributed by atoms with Gasteiger partial charge >= 0.3 is 11.4 Å². The van der Waals surface area contributed by atoms with Crippen LogP contribution in [0.4, 0.5) is 0 Å². The zero-order chi connectivity index (χ0) is 16.8. The smallest absolute Gasteiger partial charge is 0.329 e. The maximum Gasteiger partial charge on any atom is 0.329 e. The Hall–Kier alpha value is -3.65. The number of aromatic nitrogens is 1. The maximum atomic E-state index is 9.44. The first-order valence-corrected chi connectivity index (χ1v) is 7.34. The molecule has 0 aliphatic heterocycles. The van der Waals surface area contributed by atoms with Crippen LogP contribution in [0, 0.1) is 0 Å². The molecule has 3 aromatic rings. The monoisotopic (exact) mass is 311 g/mol. The van der Waals surface area contributed by atoms with E-state index in [4.69, 9.17) is 0 Å². The molecule has 24 heavy (non-hydrogen) atoms. The number of hydrogen-bond acceptors (Lipinski definition) is 1. The highest BCUT2D eigenvalue weighted by Gasteiger charge is 2.20. The van der Waals surface area contributed by atoms with Gasteiger partial charge in [-0.3, -0.25) is 4.98 Å². The second-order valence-electron chi connectivity index (χ2n) is 5.08. The van der Waals surface area contributed by atoms with E-state index < -0.39 is 0 Å². The van der Waals surface area contributed by atoms with Gasteiger partial charge in [0.15, 0.2) is 0 Å². The molecule has 0 aliphatic carbocycles. The average Bonchev–Trinajstić information content (AvgIpc) is 2.65. The quantitative estimate of drug-likeness (QED) is 0.413. The van der Waals surface area contributed by atoms with Gasteiger partial charge in [0.1, 0.15) is 0 Å². The molecule has 0 saturated carbocycles. The summed E-state index contributed by atoms with van der Waals surface area (Å²) in [5.74, 6) is 0. The second-order valence-corrected chi connectivity index (χ2v) is 5.08. The summed E-state index contributed by atoms with van der Waals surface area (Å²) in [4.78, 5) is 10.8. The molecule has 0 spiro atoms. The van der Waals surface area contributed by atoms with Gasteiger partial charge in [-0.05, 0) is 42.5 Å². The Morgan fingerprint density at radius 3 is 1.67 bits per heavy atom. The molecule has 114 valence electrons. The Labute approximate surface area is 139 Å². The molecule has 0 amide bonds. The lowest BCUT2D eigenvalue weighted by Crippen LogP contribution is -2.09. The van der Waals surface area contributed by atoms with Gasteiger partial charge in [-0.1, -0.05) is 24.3 Å². The van der Waals surface area contributed by atoms with Crippen molar-refractivity contribution in [3.63, 3.8) is 0 Å². The molecule has 5 heteroatoms. The molecule has 1 heterocycles. The Balaban J connectivity index is 2.07. The van der Waals surface area contributed by atoms with E-state index in [1.165, 1.54) is 0 Å². The number of hydrogen-bond donors (Lipinski definition) is 0. The lowest BCUT2D eigenvalue weighted by atomic mass is 9.97. The van der Waals surface area contributed by atoms with E-state index in [0.717, 1.165) is 16.7 Å². The number of pyridine rings is 1. The van der Waals surface area contributed by atoms with Crippen molar-refractivity contribution in [2.24, 2.45) is 0 Å². The lowest BCUT2D eigenvalue weighted by molar-refractivity contribution is -0.00289. The van der Waals surface area contributed by atoms with Crippen LogP contribution < -0.4 is 0 Å². The molecule has 3 rings (SSSR count). The van der Waals surface area contributed by atoms with Gasteiger partial charge < -0.3 is 11.1 Å². The van der Waals surface area contributed by atoms with E-state index in [2.05, 4.69) is 14.6 Å². The van der Waals surface area contributed by atoms with E-state index in [9.17, 15) is 11.1 Å². The second kappa shape index (κ2) is 7.07. The molecule has 0 fully saturated rings. The summed E-state index contributed by atoms with van der Waals surface area (Å²) in [5.41, 5.74) is 22.7. The maximum absolute atomic E-state index is 9.44. The largest absolute Gasteiger partial charge is 0.361 e. The molecule has 2 aromatic carbocycles. The van der Waals surface area contributed by atoms with E-state index in [1.54, 1.807) is 24.5 Å². The van der Waals surface area contributed by atoms with Crippen molar-refractivity contribution >= 4 is 11.4 Å². The highest BCUT2D eigenvalue weighted by molar-refractivity contribution is 6.13. The predicted octanol–water partition coefficient (Wildman–Crippen LogP) is 3.22. The first-order chi connectivity index (χ1) is 11.8. The van der Waals surface area contributed by atoms with Crippen molar-refractivity contribution in [3.05, 3.63) is 112 Å². The Bertz CT molecular complexity index is 875. The predicted molar refractivity (Wildman–Crippen MR) is 90.8 cm³/mol. The minimum absolute atomic E-state index is 0.421. The van der Waals surface area contributed by atoms with Crippen LogP contribution in [0.15, 0.2) is 79.1 Å². The Morgan fingerprint density at radius 1 is 0.625 bits per heavy atom. The number of benzene rings is 2. The summed E-state index contributed by atoms with van der Waals surface area (Å²) >= 11 is 0. The molecule has 0 bridgehead atoms. The summed E-state index contributed by atoms with van der Waals surface area (Å²) < 4.78 is 0. The fourth-order valence-electron chi connectivity index (χ4n) is 2.48. The molecule has 0 unspecified atom stereocenters. The van der Waals surface area contributed by atoms with Crippen molar-refractivity contribution in [3.8, 4) is 0 Å². The molecular formula is C19H13N5. The van der Waals surface area contributed by atoms with Crippen LogP contribution in [-0.4, -0.2) is 26.0 Å². The van der Waals surface area contributed by atoms with Crippen LogP contribution in [-0.2, 0) is 0 Å². The highest BCUT2D eigenvalue weighted by atomic mass is 14.9. The fourth-order valence-corrected chi connectivity index (χ4v) is 2.48. The summed E-state index contributed by atoms with van der Waals surface area (Å²) in [6.45, 7) is 0. The molecule has 0 radical (unpaired) electrons.